The standard InChI is InChI=1S/C18H12ClN7O3S/c1-26-13(18(28)29-25-26)10-9(6-20)15(22)24-17-11(10)12(21)14(30-17)16(27)23-8-4-2-7(19)3-5-8/h2-5H,1H3,(H5-,21,22,23,24,25,27,28). The minimum absolute atomic E-state index is 0.0174. The van der Waals surface area contributed by atoms with Crippen molar-refractivity contribution in [2.24, 2.45) is 12.0 Å². The van der Waals surface area contributed by atoms with E-state index < -0.39 is 11.5 Å². The number of aryl methyl sites for hydroxylation is 1. The highest BCUT2D eigenvalue weighted by Crippen LogP contribution is 2.41. The lowest BCUT2D eigenvalue weighted by Gasteiger charge is -2.09. The van der Waals surface area contributed by atoms with Crippen LogP contribution >= 0.6 is 22.9 Å². The molecular weight excluding hydrogens is 430 g/mol. The van der Waals surface area contributed by atoms with E-state index >= 15 is 0 Å². The summed E-state index contributed by atoms with van der Waals surface area (Å²) < 4.78 is 6.08. The van der Waals surface area contributed by atoms with Crippen LogP contribution in [0.3, 0.4) is 0 Å². The van der Waals surface area contributed by atoms with Gasteiger partial charge < -0.3 is 16.6 Å². The molecule has 0 spiro atoms. The topological polar surface area (TPSA) is 174 Å². The molecular formula is C18H12ClN7O3S. The smallest absolute Gasteiger partial charge is 0.435 e. The van der Waals surface area contributed by atoms with Crippen molar-refractivity contribution in [2.75, 3.05) is 11.5 Å². The summed E-state index contributed by atoms with van der Waals surface area (Å²) in [4.78, 5) is 20.9. The molecule has 0 aliphatic rings. The van der Waals surface area contributed by atoms with Crippen LogP contribution in [0, 0.1) is 11.3 Å². The predicted octanol–water partition coefficient (Wildman–Crippen LogP) is 1.20. The number of anilines is 2. The van der Waals surface area contributed by atoms with Crippen molar-refractivity contribution in [3.63, 3.8) is 0 Å². The zero-order valence-corrected chi connectivity index (χ0v) is 16.8. The van der Waals surface area contributed by atoms with E-state index in [2.05, 4.69) is 15.2 Å². The van der Waals surface area contributed by atoms with E-state index in [0.717, 1.165) is 11.3 Å². The maximum atomic E-state index is 12.8. The predicted molar refractivity (Wildman–Crippen MR) is 110 cm³/mol. The van der Waals surface area contributed by atoms with E-state index in [1.54, 1.807) is 24.3 Å². The molecule has 5 N–H and O–H groups in total. The summed E-state index contributed by atoms with van der Waals surface area (Å²) in [6, 6.07) is 8.33. The number of nitriles is 1. The lowest BCUT2D eigenvalue weighted by atomic mass is 10.0. The Morgan fingerprint density at radius 2 is 2.10 bits per heavy atom. The number of nitrogen functional groups attached to an aromatic ring is 2. The molecule has 12 heteroatoms. The van der Waals surface area contributed by atoms with E-state index in [4.69, 9.17) is 27.6 Å². The number of nitrogens with one attached hydrogen (secondary N) is 1. The second-order valence-electron chi connectivity index (χ2n) is 6.17. The van der Waals surface area contributed by atoms with Gasteiger partial charge >= 0.3 is 11.3 Å². The van der Waals surface area contributed by atoms with Gasteiger partial charge in [0, 0.05) is 10.9 Å². The Hall–Kier alpha value is -3.88. The van der Waals surface area contributed by atoms with Crippen LogP contribution in [0.15, 0.2) is 38.6 Å². The zero-order valence-electron chi connectivity index (χ0n) is 15.3. The Balaban J connectivity index is 2.02. The number of aromatic amines is 1. The van der Waals surface area contributed by atoms with Crippen LogP contribution in [-0.2, 0) is 7.05 Å². The molecule has 4 aromatic rings. The summed E-state index contributed by atoms with van der Waals surface area (Å²) in [5, 5.41) is 25.5. The minimum atomic E-state index is -0.731. The van der Waals surface area contributed by atoms with Crippen LogP contribution in [0.25, 0.3) is 21.5 Å². The summed E-state index contributed by atoms with van der Waals surface area (Å²) in [5.74, 6) is -0.707. The van der Waals surface area contributed by atoms with Crippen molar-refractivity contribution < 1.29 is 14.3 Å². The Morgan fingerprint density at radius 3 is 2.70 bits per heavy atom. The van der Waals surface area contributed by atoms with Crippen LogP contribution in [0.4, 0.5) is 17.2 Å². The van der Waals surface area contributed by atoms with E-state index in [1.165, 1.54) is 11.7 Å². The van der Waals surface area contributed by atoms with Gasteiger partial charge in [-0.25, -0.2) is 9.78 Å². The first-order chi connectivity index (χ1) is 14.3. The number of nitrogens with zero attached hydrogens (tertiary/aromatic N) is 4. The maximum absolute atomic E-state index is 12.8. The van der Waals surface area contributed by atoms with Crippen molar-refractivity contribution in [3.8, 4) is 17.3 Å². The number of aromatic nitrogens is 3. The lowest BCUT2D eigenvalue weighted by Crippen LogP contribution is -2.34. The number of benzene rings is 1. The second kappa shape index (κ2) is 7.18. The van der Waals surface area contributed by atoms with Gasteiger partial charge in [0.2, 0.25) is 0 Å². The van der Waals surface area contributed by atoms with Gasteiger partial charge in [-0.15, -0.1) is 11.3 Å². The number of nitrogens with two attached hydrogens (primary N) is 2. The summed E-state index contributed by atoms with van der Waals surface area (Å²) >= 11 is 6.81. The van der Waals surface area contributed by atoms with Crippen LogP contribution < -0.4 is 26.9 Å². The SMILES string of the molecule is C[n+]1[nH]oc(=O)c1-c1c(C#N)c(N)nc2sc(C([O-])=Nc3ccc(Cl)cc3)c(N)c12. The number of fused-ring (bicyclic) bond motifs is 1. The van der Waals surface area contributed by atoms with Gasteiger partial charge in [-0.1, -0.05) is 16.3 Å². The molecule has 0 unspecified atom stereocenters. The number of H-pyrrole nitrogens is 1. The number of hydrogen-bond acceptors (Lipinski definition) is 9. The summed E-state index contributed by atoms with van der Waals surface area (Å²) in [7, 11) is 1.52. The molecule has 150 valence electrons. The molecule has 0 atom stereocenters. The number of halogens is 1. The van der Waals surface area contributed by atoms with E-state index in [-0.39, 0.29) is 43.4 Å². The van der Waals surface area contributed by atoms with Crippen molar-refractivity contribution in [1.82, 2.24) is 10.3 Å². The van der Waals surface area contributed by atoms with Crippen molar-refractivity contribution in [1.29, 1.82) is 5.26 Å². The summed E-state index contributed by atoms with van der Waals surface area (Å²) in [6.07, 6.45) is 0. The first-order valence-corrected chi connectivity index (χ1v) is 9.52. The highest BCUT2D eigenvalue weighted by atomic mass is 35.5. The molecule has 0 saturated carbocycles. The third-order valence-corrected chi connectivity index (χ3v) is 5.65. The lowest BCUT2D eigenvalue weighted by molar-refractivity contribution is -0.730. The van der Waals surface area contributed by atoms with Crippen molar-refractivity contribution in [2.45, 2.75) is 0 Å². The number of pyridine rings is 1. The van der Waals surface area contributed by atoms with Crippen LogP contribution in [0.1, 0.15) is 10.4 Å². The largest absolute Gasteiger partial charge is 0.858 e. The molecule has 4 rings (SSSR count). The molecule has 0 aliphatic carbocycles. The van der Waals surface area contributed by atoms with E-state index in [0.29, 0.717) is 10.7 Å². The average Bonchev–Trinajstić information content (AvgIpc) is 3.21. The second-order valence-corrected chi connectivity index (χ2v) is 7.60. The van der Waals surface area contributed by atoms with Gasteiger partial charge in [0.05, 0.1) is 27.2 Å². The Bertz CT molecular complexity index is 1430. The van der Waals surface area contributed by atoms with Crippen LogP contribution in [-0.4, -0.2) is 16.2 Å². The van der Waals surface area contributed by atoms with Gasteiger partial charge in [0.25, 0.3) is 0 Å². The normalized spacial score (nSPS) is 11.7. The molecule has 1 aromatic carbocycles. The average molecular weight is 442 g/mol. The van der Waals surface area contributed by atoms with Crippen LogP contribution in [0.5, 0.6) is 0 Å². The molecule has 0 saturated heterocycles. The number of hydrogen-bond donors (Lipinski definition) is 3. The van der Waals surface area contributed by atoms with Gasteiger partial charge in [0.1, 0.15) is 22.3 Å². The monoisotopic (exact) mass is 441 g/mol. The fourth-order valence-electron chi connectivity index (χ4n) is 2.97. The summed E-state index contributed by atoms with van der Waals surface area (Å²) in [6.45, 7) is 0. The van der Waals surface area contributed by atoms with Crippen molar-refractivity contribution >= 4 is 56.2 Å². The fraction of sp³-hybridized carbons (Fsp3) is 0.0556. The number of rotatable bonds is 3. The van der Waals surface area contributed by atoms with Crippen molar-refractivity contribution in [3.05, 3.63) is 50.1 Å². The molecule has 0 fully saturated rings. The molecule has 3 aromatic heterocycles. The minimum Gasteiger partial charge on any atom is -0.858 e. The molecule has 0 amide bonds. The van der Waals surface area contributed by atoms with Gasteiger partial charge in [0.15, 0.2) is 7.05 Å². The molecule has 0 radical (unpaired) electrons. The highest BCUT2D eigenvalue weighted by Gasteiger charge is 2.30. The zero-order chi connectivity index (χ0) is 21.6. The van der Waals surface area contributed by atoms with Gasteiger partial charge in [-0.2, -0.15) is 5.26 Å². The molecule has 0 aliphatic heterocycles. The first-order valence-electron chi connectivity index (χ1n) is 8.32. The van der Waals surface area contributed by atoms with Crippen LogP contribution in [0.2, 0.25) is 5.02 Å². The summed E-state index contributed by atoms with van der Waals surface area (Å²) in [5.41, 5.74) is 12.0. The number of thiophene rings is 1. The Labute approximate surface area is 177 Å². The Morgan fingerprint density at radius 1 is 1.40 bits per heavy atom. The third kappa shape index (κ3) is 3.04. The van der Waals surface area contributed by atoms with Gasteiger partial charge in [-0.3, -0.25) is 9.52 Å². The third-order valence-electron chi connectivity index (χ3n) is 4.31. The Kier molecular flexibility index (Phi) is 4.65. The molecule has 0 bridgehead atoms. The fourth-order valence-corrected chi connectivity index (χ4v) is 4.10. The van der Waals surface area contributed by atoms with E-state index in [9.17, 15) is 15.2 Å². The maximum Gasteiger partial charge on any atom is 0.435 e. The quantitative estimate of drug-likeness (QED) is 0.243. The number of aliphatic imine (C=N–C) groups is 1. The first kappa shape index (κ1) is 19.4. The van der Waals surface area contributed by atoms with Gasteiger partial charge in [-0.05, 0) is 29.5 Å². The molecule has 3 heterocycles. The molecule has 30 heavy (non-hydrogen) atoms. The van der Waals surface area contributed by atoms with E-state index in [1.807, 2.05) is 6.07 Å². The molecule has 10 nitrogen and oxygen atoms in total. The highest BCUT2D eigenvalue weighted by molar-refractivity contribution is 7.21.